The number of H-pyrrole nitrogens is 1. The largest absolute Gasteiger partial charge is 0.417 e. The lowest BCUT2D eigenvalue weighted by atomic mass is 10.1. The molecule has 3 rings (SSSR count). The van der Waals surface area contributed by atoms with Crippen molar-refractivity contribution >= 4 is 32.5 Å². The quantitative estimate of drug-likeness (QED) is 0.897. The second-order valence-electron chi connectivity index (χ2n) is 5.13. The number of rotatable bonds is 2. The molecule has 120 valence electrons. The lowest BCUT2D eigenvalue weighted by molar-refractivity contribution is -0.137. The van der Waals surface area contributed by atoms with Gasteiger partial charge in [-0.1, -0.05) is 11.6 Å². The van der Waals surface area contributed by atoms with Gasteiger partial charge in [0.2, 0.25) is 0 Å². The van der Waals surface area contributed by atoms with E-state index in [2.05, 4.69) is 4.98 Å². The Balaban J connectivity index is 2.13. The van der Waals surface area contributed by atoms with Crippen LogP contribution in [0.15, 0.2) is 23.2 Å². The van der Waals surface area contributed by atoms with E-state index in [4.69, 9.17) is 11.6 Å². The van der Waals surface area contributed by atoms with E-state index in [0.29, 0.717) is 13.1 Å². The lowest BCUT2D eigenvalue weighted by Gasteiger charge is -2.13. The fourth-order valence-corrected chi connectivity index (χ4v) is 4.42. The van der Waals surface area contributed by atoms with Crippen LogP contribution in [0.3, 0.4) is 0 Å². The van der Waals surface area contributed by atoms with Crippen LogP contribution in [0.1, 0.15) is 18.4 Å². The van der Waals surface area contributed by atoms with Crippen LogP contribution in [0.25, 0.3) is 10.9 Å². The van der Waals surface area contributed by atoms with E-state index in [1.807, 2.05) is 0 Å². The monoisotopic (exact) mass is 352 g/mol. The van der Waals surface area contributed by atoms with Gasteiger partial charge in [-0.2, -0.15) is 17.5 Å². The van der Waals surface area contributed by atoms with Crippen LogP contribution in [0.4, 0.5) is 13.2 Å². The normalized spacial score (nSPS) is 17.5. The first kappa shape index (κ1) is 15.6. The molecular formula is C13H12ClF3N2O2S. The Morgan fingerprint density at radius 3 is 2.41 bits per heavy atom. The first-order chi connectivity index (χ1) is 10.2. The fourth-order valence-electron chi connectivity index (χ4n) is 2.57. The minimum Gasteiger partial charge on any atom is -0.344 e. The minimum atomic E-state index is -4.59. The third-order valence-electron chi connectivity index (χ3n) is 3.70. The maximum absolute atomic E-state index is 12.8. The Kier molecular flexibility index (Phi) is 3.65. The van der Waals surface area contributed by atoms with Gasteiger partial charge in [-0.25, -0.2) is 8.42 Å². The van der Waals surface area contributed by atoms with E-state index >= 15 is 0 Å². The van der Waals surface area contributed by atoms with Crippen molar-refractivity contribution in [3.8, 4) is 0 Å². The molecule has 9 heteroatoms. The number of hydrogen-bond donors (Lipinski definition) is 1. The van der Waals surface area contributed by atoms with E-state index < -0.39 is 26.8 Å². The highest BCUT2D eigenvalue weighted by Gasteiger charge is 2.35. The zero-order chi connectivity index (χ0) is 16.1. The van der Waals surface area contributed by atoms with Gasteiger partial charge in [-0.3, -0.25) is 0 Å². The molecule has 0 radical (unpaired) electrons. The number of nitrogens with one attached hydrogen (secondary N) is 1. The minimum absolute atomic E-state index is 0.0502. The van der Waals surface area contributed by atoms with Crippen LogP contribution >= 0.6 is 11.6 Å². The molecule has 0 aliphatic carbocycles. The highest BCUT2D eigenvalue weighted by Crippen LogP contribution is 2.39. The summed E-state index contributed by atoms with van der Waals surface area (Å²) in [6.45, 7) is 0.832. The number of aromatic amines is 1. The van der Waals surface area contributed by atoms with Crippen molar-refractivity contribution in [3.05, 3.63) is 28.8 Å². The number of fused-ring (bicyclic) bond motifs is 1. The molecule has 0 bridgehead atoms. The molecule has 1 aromatic heterocycles. The van der Waals surface area contributed by atoms with Crippen LogP contribution in [-0.2, 0) is 16.2 Å². The number of alkyl halides is 3. The molecular weight excluding hydrogens is 341 g/mol. The Bertz CT molecular complexity index is 824. The highest BCUT2D eigenvalue weighted by atomic mass is 35.5. The number of hydrogen-bond acceptors (Lipinski definition) is 2. The fraction of sp³-hybridized carbons (Fsp3) is 0.385. The molecule has 0 unspecified atom stereocenters. The Hall–Kier alpha value is -1.25. The molecule has 1 fully saturated rings. The highest BCUT2D eigenvalue weighted by molar-refractivity contribution is 7.89. The summed E-state index contributed by atoms with van der Waals surface area (Å²) in [6.07, 6.45) is -3.03. The van der Waals surface area contributed by atoms with Gasteiger partial charge in [0, 0.05) is 24.0 Å². The first-order valence-corrected chi connectivity index (χ1v) is 8.41. The van der Waals surface area contributed by atoms with Gasteiger partial charge in [0.15, 0.2) is 0 Å². The van der Waals surface area contributed by atoms with Gasteiger partial charge in [-0.15, -0.1) is 0 Å². The molecule has 0 spiro atoms. The van der Waals surface area contributed by atoms with Crippen LogP contribution in [0.2, 0.25) is 5.02 Å². The van der Waals surface area contributed by atoms with E-state index in [1.165, 1.54) is 16.4 Å². The zero-order valence-electron chi connectivity index (χ0n) is 11.2. The summed E-state index contributed by atoms with van der Waals surface area (Å²) >= 11 is 5.80. The van der Waals surface area contributed by atoms with E-state index in [0.717, 1.165) is 18.9 Å². The van der Waals surface area contributed by atoms with Crippen molar-refractivity contribution in [3.63, 3.8) is 0 Å². The van der Waals surface area contributed by atoms with Crippen molar-refractivity contribution in [2.45, 2.75) is 24.0 Å². The molecule has 4 nitrogen and oxygen atoms in total. The molecule has 1 aromatic carbocycles. The second kappa shape index (κ2) is 5.14. The first-order valence-electron chi connectivity index (χ1n) is 6.60. The van der Waals surface area contributed by atoms with E-state index in [-0.39, 0.29) is 15.9 Å². The predicted molar refractivity (Wildman–Crippen MR) is 76.3 cm³/mol. The third kappa shape index (κ3) is 2.49. The number of aromatic nitrogens is 1. The lowest BCUT2D eigenvalue weighted by Crippen LogP contribution is -2.28. The molecule has 22 heavy (non-hydrogen) atoms. The van der Waals surface area contributed by atoms with Crippen molar-refractivity contribution in [2.75, 3.05) is 13.1 Å². The smallest absolute Gasteiger partial charge is 0.344 e. The van der Waals surface area contributed by atoms with Crippen molar-refractivity contribution in [1.29, 1.82) is 0 Å². The van der Waals surface area contributed by atoms with Crippen molar-refractivity contribution in [1.82, 2.24) is 9.29 Å². The summed E-state index contributed by atoms with van der Waals surface area (Å²) in [5, 5.41) is -0.580. The van der Waals surface area contributed by atoms with Gasteiger partial charge in [0.05, 0.1) is 10.6 Å². The maximum Gasteiger partial charge on any atom is 0.417 e. The van der Waals surface area contributed by atoms with E-state index in [1.54, 1.807) is 0 Å². The summed E-state index contributed by atoms with van der Waals surface area (Å²) < 4.78 is 64.7. The van der Waals surface area contributed by atoms with Crippen LogP contribution < -0.4 is 0 Å². The third-order valence-corrected chi connectivity index (χ3v) is 5.93. The topological polar surface area (TPSA) is 53.2 Å². The SMILES string of the molecule is O=S(=O)(c1cc2c(Cl)c(C(F)(F)F)ccc2[nH]1)N1CCCC1. The summed E-state index contributed by atoms with van der Waals surface area (Å²) in [7, 11) is -3.73. The van der Waals surface area contributed by atoms with Gasteiger partial charge in [0.1, 0.15) is 5.03 Å². The number of halogens is 4. The van der Waals surface area contributed by atoms with Crippen LogP contribution in [0, 0.1) is 0 Å². The van der Waals surface area contributed by atoms with Crippen molar-refractivity contribution in [2.24, 2.45) is 0 Å². The van der Waals surface area contributed by atoms with E-state index in [9.17, 15) is 21.6 Å². The molecule has 0 saturated carbocycles. The Morgan fingerprint density at radius 1 is 1.18 bits per heavy atom. The standard InChI is InChI=1S/C13H12ClF3N2O2S/c14-12-8-7-11(22(20,21)19-5-1-2-6-19)18-10(8)4-3-9(12)13(15,16)17/h3-4,7,18H,1-2,5-6H2. The Labute approximate surface area is 129 Å². The molecule has 1 aliphatic heterocycles. The second-order valence-corrected chi connectivity index (χ2v) is 7.42. The van der Waals surface area contributed by atoms with Gasteiger partial charge >= 0.3 is 6.18 Å². The van der Waals surface area contributed by atoms with Gasteiger partial charge < -0.3 is 4.98 Å². The molecule has 0 atom stereocenters. The Morgan fingerprint density at radius 2 is 1.82 bits per heavy atom. The molecule has 1 aliphatic rings. The average molecular weight is 353 g/mol. The zero-order valence-corrected chi connectivity index (χ0v) is 12.8. The van der Waals surface area contributed by atoms with Gasteiger partial charge in [-0.05, 0) is 31.0 Å². The summed E-state index contributed by atoms with van der Waals surface area (Å²) in [5.74, 6) is 0. The average Bonchev–Trinajstić information content (AvgIpc) is 3.07. The maximum atomic E-state index is 12.8. The molecule has 0 amide bonds. The molecule has 2 heterocycles. The molecule has 1 N–H and O–H groups in total. The number of nitrogens with zero attached hydrogens (tertiary/aromatic N) is 1. The number of benzene rings is 1. The molecule has 1 saturated heterocycles. The molecule has 2 aromatic rings. The summed E-state index contributed by atoms with van der Waals surface area (Å²) in [4.78, 5) is 2.65. The predicted octanol–water partition coefficient (Wildman–Crippen LogP) is 3.62. The summed E-state index contributed by atoms with van der Waals surface area (Å²) in [5.41, 5.74) is -0.721. The summed E-state index contributed by atoms with van der Waals surface area (Å²) in [6, 6.07) is 3.20. The number of sulfonamides is 1. The van der Waals surface area contributed by atoms with Gasteiger partial charge in [0.25, 0.3) is 10.0 Å². The van der Waals surface area contributed by atoms with Crippen LogP contribution in [0.5, 0.6) is 0 Å². The van der Waals surface area contributed by atoms with Crippen molar-refractivity contribution < 1.29 is 21.6 Å². The van der Waals surface area contributed by atoms with Crippen LogP contribution in [-0.4, -0.2) is 30.8 Å².